The van der Waals surface area contributed by atoms with Crippen LogP contribution in [0.4, 0.5) is 4.39 Å². The third kappa shape index (κ3) is 2.88. The van der Waals surface area contributed by atoms with E-state index in [1.54, 1.807) is 19.1 Å². The maximum Gasteiger partial charge on any atom is 0.287 e. The average Bonchev–Trinajstić information content (AvgIpc) is 2.98. The zero-order valence-corrected chi connectivity index (χ0v) is 14.9. The predicted molar refractivity (Wildman–Crippen MR) is 98.6 cm³/mol. The molecule has 0 saturated carbocycles. The van der Waals surface area contributed by atoms with Crippen molar-refractivity contribution in [2.75, 3.05) is 13.6 Å². The summed E-state index contributed by atoms with van der Waals surface area (Å²) < 4.78 is 19.4. The standard InChI is InChI=1S/C21H21FN2O2/c1-13-17-8-5-9-18(22)20(17)26-19(13)21(25)23-11-16-10-14-6-3-4-7-15(14)12-24(16)2/h3-9,16H,10-12H2,1-2H3,(H,23,25). The molecule has 1 aromatic heterocycles. The Hall–Kier alpha value is -2.66. The van der Waals surface area contributed by atoms with Gasteiger partial charge in [-0.15, -0.1) is 0 Å². The van der Waals surface area contributed by atoms with E-state index in [-0.39, 0.29) is 23.3 Å². The molecule has 1 N–H and O–H groups in total. The molecule has 0 fully saturated rings. The molecule has 2 aromatic carbocycles. The lowest BCUT2D eigenvalue weighted by Crippen LogP contribution is -2.45. The zero-order chi connectivity index (χ0) is 18.3. The Morgan fingerprint density at radius 2 is 2.00 bits per heavy atom. The van der Waals surface area contributed by atoms with Crippen molar-refractivity contribution in [1.82, 2.24) is 10.2 Å². The molecule has 1 atom stereocenters. The second-order valence-corrected chi connectivity index (χ2v) is 6.92. The molecule has 1 aliphatic rings. The van der Waals surface area contributed by atoms with Gasteiger partial charge >= 0.3 is 0 Å². The number of nitrogens with zero attached hydrogens (tertiary/aromatic N) is 1. The fourth-order valence-corrected chi connectivity index (χ4v) is 3.66. The molecule has 0 bridgehead atoms. The van der Waals surface area contributed by atoms with Crippen LogP contribution in [0, 0.1) is 12.7 Å². The fraction of sp³-hybridized carbons (Fsp3) is 0.286. The highest BCUT2D eigenvalue weighted by molar-refractivity contribution is 5.99. The summed E-state index contributed by atoms with van der Waals surface area (Å²) in [5.41, 5.74) is 3.46. The van der Waals surface area contributed by atoms with Gasteiger partial charge in [0.1, 0.15) is 0 Å². The molecule has 5 heteroatoms. The molecular formula is C21H21FN2O2. The van der Waals surface area contributed by atoms with Gasteiger partial charge in [-0.3, -0.25) is 9.69 Å². The SMILES string of the molecule is Cc1c(C(=O)NCC2Cc3ccccc3CN2C)oc2c(F)cccc12. The normalized spacial score (nSPS) is 17.3. The molecule has 0 spiro atoms. The fourth-order valence-electron chi connectivity index (χ4n) is 3.66. The highest BCUT2D eigenvalue weighted by Crippen LogP contribution is 2.27. The van der Waals surface area contributed by atoms with E-state index in [2.05, 4.69) is 35.5 Å². The summed E-state index contributed by atoms with van der Waals surface area (Å²) in [5.74, 6) is -0.567. The van der Waals surface area contributed by atoms with Crippen LogP contribution in [0.2, 0.25) is 0 Å². The third-order valence-electron chi connectivity index (χ3n) is 5.24. The number of nitrogens with one attached hydrogen (secondary N) is 1. The molecule has 1 amide bonds. The number of furan rings is 1. The number of likely N-dealkylation sites (N-methyl/N-ethyl adjacent to an activating group) is 1. The number of benzene rings is 2. The minimum atomic E-state index is -0.451. The van der Waals surface area contributed by atoms with Gasteiger partial charge in [0.25, 0.3) is 5.91 Å². The van der Waals surface area contributed by atoms with E-state index in [1.165, 1.54) is 17.2 Å². The number of amides is 1. The number of aryl methyl sites for hydroxylation is 1. The van der Waals surface area contributed by atoms with Gasteiger partial charge in [-0.1, -0.05) is 36.4 Å². The van der Waals surface area contributed by atoms with Crippen molar-refractivity contribution in [3.8, 4) is 0 Å². The van der Waals surface area contributed by atoms with Crippen molar-refractivity contribution < 1.29 is 13.6 Å². The van der Waals surface area contributed by atoms with Crippen molar-refractivity contribution in [1.29, 1.82) is 0 Å². The summed E-state index contributed by atoms with van der Waals surface area (Å²) in [6, 6.07) is 13.3. The minimum Gasteiger partial charge on any atom is -0.448 e. The number of carbonyl (C=O) groups excluding carboxylic acids is 1. The van der Waals surface area contributed by atoms with Gasteiger partial charge < -0.3 is 9.73 Å². The van der Waals surface area contributed by atoms with E-state index < -0.39 is 5.82 Å². The second-order valence-electron chi connectivity index (χ2n) is 6.92. The van der Waals surface area contributed by atoms with Crippen LogP contribution in [0.25, 0.3) is 11.0 Å². The number of hydrogen-bond acceptors (Lipinski definition) is 3. The number of hydrogen-bond donors (Lipinski definition) is 1. The van der Waals surface area contributed by atoms with Crippen LogP contribution in [0.1, 0.15) is 27.2 Å². The quantitative estimate of drug-likeness (QED) is 0.782. The van der Waals surface area contributed by atoms with E-state index >= 15 is 0 Å². The molecule has 0 aliphatic carbocycles. The Morgan fingerprint density at radius 1 is 1.23 bits per heavy atom. The van der Waals surface area contributed by atoms with E-state index in [1.807, 2.05) is 6.07 Å². The number of para-hydroxylation sites is 1. The molecule has 0 radical (unpaired) electrons. The van der Waals surface area contributed by atoms with E-state index in [0.29, 0.717) is 17.5 Å². The first-order valence-corrected chi connectivity index (χ1v) is 8.77. The Labute approximate surface area is 151 Å². The van der Waals surface area contributed by atoms with Gasteiger partial charge in [-0.25, -0.2) is 4.39 Å². The maximum atomic E-state index is 13.9. The summed E-state index contributed by atoms with van der Waals surface area (Å²) in [4.78, 5) is 14.8. The van der Waals surface area contributed by atoms with Crippen LogP contribution in [-0.2, 0) is 13.0 Å². The molecule has 134 valence electrons. The smallest absolute Gasteiger partial charge is 0.287 e. The molecule has 3 aromatic rings. The number of rotatable bonds is 3. The third-order valence-corrected chi connectivity index (χ3v) is 5.24. The summed E-state index contributed by atoms with van der Waals surface area (Å²) in [7, 11) is 2.06. The van der Waals surface area contributed by atoms with Crippen molar-refractivity contribution in [3.63, 3.8) is 0 Å². The molecule has 1 aliphatic heterocycles. The van der Waals surface area contributed by atoms with Crippen LogP contribution in [0.5, 0.6) is 0 Å². The van der Waals surface area contributed by atoms with Crippen molar-refractivity contribution in [3.05, 3.63) is 70.7 Å². The molecular weight excluding hydrogens is 331 g/mol. The first kappa shape index (κ1) is 16.8. The molecule has 4 rings (SSSR count). The van der Waals surface area contributed by atoms with E-state index in [0.717, 1.165) is 13.0 Å². The monoisotopic (exact) mass is 352 g/mol. The van der Waals surface area contributed by atoms with Crippen molar-refractivity contribution in [2.45, 2.75) is 25.9 Å². The van der Waals surface area contributed by atoms with Crippen molar-refractivity contribution in [2.24, 2.45) is 0 Å². The summed E-state index contributed by atoms with van der Waals surface area (Å²) in [6.45, 7) is 3.16. The number of halogens is 1. The lowest BCUT2D eigenvalue weighted by Gasteiger charge is -2.34. The number of fused-ring (bicyclic) bond motifs is 2. The Kier molecular flexibility index (Phi) is 4.24. The van der Waals surface area contributed by atoms with Crippen LogP contribution < -0.4 is 5.32 Å². The van der Waals surface area contributed by atoms with Gasteiger partial charge in [0.2, 0.25) is 0 Å². The van der Waals surface area contributed by atoms with Gasteiger partial charge in [0.05, 0.1) is 0 Å². The predicted octanol–water partition coefficient (Wildman–Crippen LogP) is 3.67. The Bertz CT molecular complexity index is 979. The van der Waals surface area contributed by atoms with Gasteiger partial charge in [-0.05, 0) is 37.6 Å². The zero-order valence-electron chi connectivity index (χ0n) is 14.9. The second kappa shape index (κ2) is 6.57. The summed E-state index contributed by atoms with van der Waals surface area (Å²) >= 11 is 0. The van der Waals surface area contributed by atoms with Crippen molar-refractivity contribution >= 4 is 16.9 Å². The van der Waals surface area contributed by atoms with E-state index in [4.69, 9.17) is 4.42 Å². The van der Waals surface area contributed by atoms with E-state index in [9.17, 15) is 9.18 Å². The van der Waals surface area contributed by atoms with Gasteiger partial charge in [0.15, 0.2) is 17.2 Å². The molecule has 26 heavy (non-hydrogen) atoms. The largest absolute Gasteiger partial charge is 0.448 e. The molecule has 2 heterocycles. The Balaban J connectivity index is 1.49. The minimum absolute atomic E-state index is 0.138. The van der Waals surface area contributed by atoms with Gasteiger partial charge in [0, 0.05) is 30.1 Å². The van der Waals surface area contributed by atoms with Crippen LogP contribution in [0.3, 0.4) is 0 Å². The Morgan fingerprint density at radius 3 is 2.77 bits per heavy atom. The van der Waals surface area contributed by atoms with Gasteiger partial charge in [-0.2, -0.15) is 0 Å². The lowest BCUT2D eigenvalue weighted by molar-refractivity contribution is 0.0908. The number of carbonyl (C=O) groups is 1. The average molecular weight is 352 g/mol. The first-order valence-electron chi connectivity index (χ1n) is 8.77. The van der Waals surface area contributed by atoms with Crippen LogP contribution in [-0.4, -0.2) is 30.4 Å². The maximum absolute atomic E-state index is 13.9. The van der Waals surface area contributed by atoms with Crippen LogP contribution in [0.15, 0.2) is 46.9 Å². The lowest BCUT2D eigenvalue weighted by atomic mass is 9.94. The molecule has 4 nitrogen and oxygen atoms in total. The molecule has 1 unspecified atom stereocenters. The summed E-state index contributed by atoms with van der Waals surface area (Å²) in [5, 5.41) is 3.59. The topological polar surface area (TPSA) is 45.5 Å². The highest BCUT2D eigenvalue weighted by Gasteiger charge is 2.25. The summed E-state index contributed by atoms with van der Waals surface area (Å²) in [6.07, 6.45) is 0.890. The van der Waals surface area contributed by atoms with Crippen LogP contribution >= 0.6 is 0 Å². The molecule has 0 saturated heterocycles. The first-order chi connectivity index (χ1) is 12.5. The highest BCUT2D eigenvalue weighted by atomic mass is 19.1.